The van der Waals surface area contributed by atoms with Gasteiger partial charge in [0.2, 0.25) is 10.0 Å². The van der Waals surface area contributed by atoms with Gasteiger partial charge >= 0.3 is 0 Å². The second-order valence-corrected chi connectivity index (χ2v) is 12.4. The highest BCUT2D eigenvalue weighted by Gasteiger charge is 2.31. The van der Waals surface area contributed by atoms with E-state index in [2.05, 4.69) is 27.1 Å². The Morgan fingerprint density at radius 3 is 2.32 bits per heavy atom. The first-order valence-corrected chi connectivity index (χ1v) is 14.9. The number of rotatable bonds is 6. The van der Waals surface area contributed by atoms with E-state index in [0.29, 0.717) is 50.5 Å². The number of carbonyl (C=O) groups is 1. The third-order valence-corrected chi connectivity index (χ3v) is 9.56. The Kier molecular flexibility index (Phi) is 7.78. The van der Waals surface area contributed by atoms with Crippen LogP contribution in [0.25, 0.3) is 0 Å². The molecule has 3 aliphatic heterocycles. The lowest BCUT2D eigenvalue weighted by Gasteiger charge is -2.37. The molecule has 2 aromatic rings. The Morgan fingerprint density at radius 1 is 1.00 bits per heavy atom. The van der Waals surface area contributed by atoms with Crippen LogP contribution in [0.1, 0.15) is 18.9 Å². The number of ether oxygens (including phenoxy) is 1. The molecule has 0 aromatic heterocycles. The molecule has 0 spiro atoms. The van der Waals surface area contributed by atoms with Gasteiger partial charge in [0.05, 0.1) is 11.4 Å². The second kappa shape index (κ2) is 11.1. The highest BCUT2D eigenvalue weighted by atomic mass is 32.2. The zero-order chi connectivity index (χ0) is 26.9. The van der Waals surface area contributed by atoms with Crippen LogP contribution in [0.4, 0.5) is 21.5 Å². The number of hydrogen-bond acceptors (Lipinski definition) is 7. The number of carbonyl (C=O) groups excluding carboxylic acids is 1. The Hall–Kier alpha value is -2.89. The van der Waals surface area contributed by atoms with Gasteiger partial charge in [-0.05, 0) is 62.7 Å². The fourth-order valence-corrected chi connectivity index (χ4v) is 6.38. The van der Waals surface area contributed by atoms with Crippen molar-refractivity contribution in [3.8, 4) is 5.75 Å². The number of piperazine rings is 2. The molecule has 2 aromatic carbocycles. The lowest BCUT2D eigenvalue weighted by Crippen LogP contribution is -2.49. The molecule has 2 saturated heterocycles. The second-order valence-electron chi connectivity index (χ2n) is 10.2. The van der Waals surface area contributed by atoms with Gasteiger partial charge in [0.25, 0.3) is 5.91 Å². The first-order chi connectivity index (χ1) is 18.2. The maximum Gasteiger partial charge on any atom is 0.265 e. The van der Waals surface area contributed by atoms with E-state index in [1.165, 1.54) is 12.1 Å². The fraction of sp³-hybridized carbons (Fsp3) is 0.519. The number of sulfonamides is 1. The normalized spacial score (nSPS) is 21.1. The van der Waals surface area contributed by atoms with E-state index < -0.39 is 16.1 Å². The van der Waals surface area contributed by atoms with Crippen molar-refractivity contribution in [3.63, 3.8) is 0 Å². The molecular weight excluding hydrogens is 509 g/mol. The standard InChI is InChI=1S/C27H36FN5O4S/c1-3-38(35,36)33-16-14-31(15-17-33)23-7-5-22(6-8-23)29-27(34)25-9-4-20-18-21(28)19-24(26(20)37-25)32-12-10-30(2)11-13-32/h5-8,18-19,25H,3-4,9-17H2,1-2H3,(H,29,34). The van der Waals surface area contributed by atoms with Crippen LogP contribution in [0.5, 0.6) is 5.75 Å². The molecule has 3 aliphatic rings. The van der Waals surface area contributed by atoms with Gasteiger partial charge in [0.1, 0.15) is 11.6 Å². The minimum absolute atomic E-state index is 0.117. The number of halogens is 1. The SMILES string of the molecule is CCS(=O)(=O)N1CCN(c2ccc(NC(=O)C3CCc4cc(F)cc(N5CCN(C)CC5)c4O3)cc2)CC1. The van der Waals surface area contributed by atoms with E-state index >= 15 is 0 Å². The molecule has 9 nitrogen and oxygen atoms in total. The third-order valence-electron chi connectivity index (χ3n) is 7.68. The molecule has 206 valence electrons. The first kappa shape index (κ1) is 26.7. The quantitative estimate of drug-likeness (QED) is 0.597. The van der Waals surface area contributed by atoms with Gasteiger partial charge in [-0.15, -0.1) is 0 Å². The number of anilines is 3. The molecule has 0 aliphatic carbocycles. The van der Waals surface area contributed by atoms with Crippen molar-refractivity contribution in [2.75, 3.05) is 80.3 Å². The van der Waals surface area contributed by atoms with Gasteiger partial charge in [-0.2, -0.15) is 4.31 Å². The summed E-state index contributed by atoms with van der Waals surface area (Å²) in [6, 6.07) is 10.6. The van der Waals surface area contributed by atoms with Crippen molar-refractivity contribution in [1.82, 2.24) is 9.21 Å². The van der Waals surface area contributed by atoms with Gasteiger partial charge in [-0.25, -0.2) is 12.8 Å². The predicted molar refractivity (Wildman–Crippen MR) is 147 cm³/mol. The molecule has 1 amide bonds. The zero-order valence-electron chi connectivity index (χ0n) is 22.0. The summed E-state index contributed by atoms with van der Waals surface area (Å²) in [5, 5.41) is 2.96. The molecule has 1 unspecified atom stereocenters. The van der Waals surface area contributed by atoms with E-state index in [-0.39, 0.29) is 17.5 Å². The third kappa shape index (κ3) is 5.74. The van der Waals surface area contributed by atoms with E-state index in [1.807, 2.05) is 24.3 Å². The number of nitrogens with zero attached hydrogens (tertiary/aromatic N) is 4. The van der Waals surface area contributed by atoms with Gasteiger partial charge in [-0.3, -0.25) is 4.79 Å². The minimum atomic E-state index is -3.17. The predicted octanol–water partition coefficient (Wildman–Crippen LogP) is 2.38. The van der Waals surface area contributed by atoms with Crippen LogP contribution in [0.2, 0.25) is 0 Å². The summed E-state index contributed by atoms with van der Waals surface area (Å²) in [4.78, 5) is 19.6. The smallest absolute Gasteiger partial charge is 0.265 e. The molecule has 38 heavy (non-hydrogen) atoms. The molecular formula is C27H36FN5O4S. The number of benzene rings is 2. The molecule has 1 atom stereocenters. The number of hydrogen-bond donors (Lipinski definition) is 1. The largest absolute Gasteiger partial charge is 0.478 e. The summed E-state index contributed by atoms with van der Waals surface area (Å²) in [5.41, 5.74) is 3.18. The van der Waals surface area contributed by atoms with E-state index in [4.69, 9.17) is 4.74 Å². The molecule has 0 radical (unpaired) electrons. The summed E-state index contributed by atoms with van der Waals surface area (Å²) < 4.78 is 46.3. The topological polar surface area (TPSA) is 85.4 Å². The maximum atomic E-state index is 14.4. The molecule has 0 saturated carbocycles. The van der Waals surface area contributed by atoms with E-state index in [9.17, 15) is 17.6 Å². The van der Waals surface area contributed by atoms with Crippen LogP contribution < -0.4 is 19.9 Å². The highest BCUT2D eigenvalue weighted by Crippen LogP contribution is 2.39. The van der Waals surface area contributed by atoms with E-state index in [0.717, 1.165) is 43.1 Å². The monoisotopic (exact) mass is 545 g/mol. The van der Waals surface area contributed by atoms with Crippen LogP contribution in [0.15, 0.2) is 36.4 Å². The Morgan fingerprint density at radius 2 is 1.66 bits per heavy atom. The van der Waals surface area contributed by atoms with Crippen molar-refractivity contribution in [3.05, 3.63) is 47.8 Å². The van der Waals surface area contributed by atoms with Crippen LogP contribution in [0.3, 0.4) is 0 Å². The molecule has 0 bridgehead atoms. The Balaban J connectivity index is 1.21. The van der Waals surface area contributed by atoms with Crippen molar-refractivity contribution in [1.29, 1.82) is 0 Å². The molecule has 2 fully saturated rings. The lowest BCUT2D eigenvalue weighted by molar-refractivity contribution is -0.123. The number of fused-ring (bicyclic) bond motifs is 1. The van der Waals surface area contributed by atoms with Crippen molar-refractivity contribution in [2.45, 2.75) is 25.9 Å². The minimum Gasteiger partial charge on any atom is -0.478 e. The summed E-state index contributed by atoms with van der Waals surface area (Å²) >= 11 is 0. The summed E-state index contributed by atoms with van der Waals surface area (Å²) in [6.45, 7) is 7.18. The number of aryl methyl sites for hydroxylation is 1. The summed E-state index contributed by atoms with van der Waals surface area (Å²) in [7, 11) is -1.09. The van der Waals surface area contributed by atoms with Crippen LogP contribution in [-0.2, 0) is 21.2 Å². The maximum absolute atomic E-state index is 14.4. The lowest BCUT2D eigenvalue weighted by atomic mass is 9.99. The number of nitrogens with one attached hydrogen (secondary N) is 1. The fourth-order valence-electron chi connectivity index (χ4n) is 5.30. The molecule has 11 heteroatoms. The Labute approximate surface area is 224 Å². The number of likely N-dealkylation sites (N-methyl/N-ethyl adjacent to an activating group) is 1. The summed E-state index contributed by atoms with van der Waals surface area (Å²) in [6.07, 6.45) is 0.394. The highest BCUT2D eigenvalue weighted by molar-refractivity contribution is 7.89. The number of amides is 1. The average Bonchev–Trinajstić information content (AvgIpc) is 2.93. The molecule has 3 heterocycles. The molecule has 5 rings (SSSR count). The summed E-state index contributed by atoms with van der Waals surface area (Å²) in [5.74, 6) is 0.223. The van der Waals surface area contributed by atoms with Gasteiger partial charge in [-0.1, -0.05) is 0 Å². The van der Waals surface area contributed by atoms with Crippen LogP contribution >= 0.6 is 0 Å². The van der Waals surface area contributed by atoms with E-state index in [1.54, 1.807) is 11.2 Å². The Bertz CT molecular complexity index is 1260. The van der Waals surface area contributed by atoms with Gasteiger partial charge < -0.3 is 24.8 Å². The van der Waals surface area contributed by atoms with Crippen molar-refractivity contribution >= 4 is 33.0 Å². The van der Waals surface area contributed by atoms with Crippen molar-refractivity contribution < 1.29 is 22.3 Å². The van der Waals surface area contributed by atoms with Gasteiger partial charge in [0.15, 0.2) is 6.10 Å². The average molecular weight is 546 g/mol. The molecule has 1 N–H and O–H groups in total. The van der Waals surface area contributed by atoms with Crippen LogP contribution in [-0.4, -0.2) is 94.8 Å². The first-order valence-electron chi connectivity index (χ1n) is 13.3. The van der Waals surface area contributed by atoms with Crippen molar-refractivity contribution in [2.24, 2.45) is 0 Å². The van der Waals surface area contributed by atoms with Gasteiger partial charge in [0, 0.05) is 69.8 Å². The zero-order valence-corrected chi connectivity index (χ0v) is 22.8. The van der Waals surface area contributed by atoms with Crippen LogP contribution in [0, 0.1) is 5.82 Å².